The van der Waals surface area contributed by atoms with Crippen molar-refractivity contribution in [2.45, 2.75) is 12.3 Å². The maximum atomic E-state index is 11.9. The first-order valence-electron chi connectivity index (χ1n) is 6.64. The summed E-state index contributed by atoms with van der Waals surface area (Å²) in [4.78, 5) is 23.8. The summed E-state index contributed by atoms with van der Waals surface area (Å²) in [6.07, 6.45) is -0.102. The first kappa shape index (κ1) is 15.7. The van der Waals surface area contributed by atoms with E-state index < -0.39 is 17.7 Å². The molecular weight excluding hydrogens is 300 g/mol. The summed E-state index contributed by atoms with van der Waals surface area (Å²) in [6.45, 7) is 0. The van der Waals surface area contributed by atoms with Gasteiger partial charge in [-0.3, -0.25) is 14.9 Å². The number of carbonyl (C=O) groups is 2. The minimum absolute atomic E-state index is 0.102. The summed E-state index contributed by atoms with van der Waals surface area (Å²) in [5.41, 5.74) is 1.05. The Morgan fingerprint density at radius 3 is 2.50 bits per heavy atom. The third kappa shape index (κ3) is 4.18. The van der Waals surface area contributed by atoms with Crippen LogP contribution in [0.2, 0.25) is 5.02 Å². The fourth-order valence-electron chi connectivity index (χ4n) is 1.99. The van der Waals surface area contributed by atoms with Gasteiger partial charge >= 0.3 is 0 Å². The van der Waals surface area contributed by atoms with Crippen LogP contribution < -0.4 is 5.32 Å². The average Bonchev–Trinajstić information content (AvgIpc) is 2.53. The highest BCUT2D eigenvalue weighted by molar-refractivity contribution is 6.30. The van der Waals surface area contributed by atoms with Gasteiger partial charge < -0.3 is 0 Å². The number of imide groups is 1. The molecule has 1 N–H and O–H groups in total. The molecule has 0 aliphatic rings. The molecule has 110 valence electrons. The van der Waals surface area contributed by atoms with Crippen molar-refractivity contribution in [2.24, 2.45) is 0 Å². The monoisotopic (exact) mass is 312 g/mol. The Labute approximate surface area is 133 Å². The predicted octanol–water partition coefficient (Wildman–Crippen LogP) is 3.29. The number of benzene rings is 2. The van der Waals surface area contributed by atoms with Crippen molar-refractivity contribution >= 4 is 23.4 Å². The predicted molar refractivity (Wildman–Crippen MR) is 83.3 cm³/mol. The number of nitrogens with one attached hydrogen (secondary N) is 1. The molecule has 0 spiro atoms. The van der Waals surface area contributed by atoms with Gasteiger partial charge in [0.05, 0.1) is 12.0 Å². The fourth-order valence-corrected chi connectivity index (χ4v) is 2.18. The van der Waals surface area contributed by atoms with Gasteiger partial charge in [0, 0.05) is 17.0 Å². The number of halogens is 1. The zero-order valence-electron chi connectivity index (χ0n) is 11.6. The molecule has 0 heterocycles. The Morgan fingerprint density at radius 1 is 1.14 bits per heavy atom. The van der Waals surface area contributed by atoms with Gasteiger partial charge in [-0.05, 0) is 29.8 Å². The quantitative estimate of drug-likeness (QED) is 0.941. The lowest BCUT2D eigenvalue weighted by atomic mass is 9.97. The molecule has 22 heavy (non-hydrogen) atoms. The Morgan fingerprint density at radius 2 is 1.86 bits per heavy atom. The number of carbonyl (C=O) groups excluding carboxylic acids is 2. The van der Waals surface area contributed by atoms with Crippen LogP contribution in [0.3, 0.4) is 0 Å². The zero-order valence-corrected chi connectivity index (χ0v) is 12.4. The van der Waals surface area contributed by atoms with Crippen LogP contribution in [0.5, 0.6) is 0 Å². The molecule has 5 heteroatoms. The number of rotatable bonds is 4. The molecule has 2 aromatic rings. The maximum absolute atomic E-state index is 11.9. The lowest BCUT2D eigenvalue weighted by molar-refractivity contribution is -0.120. The second-order valence-electron chi connectivity index (χ2n) is 4.68. The van der Waals surface area contributed by atoms with Gasteiger partial charge in [-0.15, -0.1) is 0 Å². The second-order valence-corrected chi connectivity index (χ2v) is 5.12. The lowest BCUT2D eigenvalue weighted by Gasteiger charge is -2.10. The van der Waals surface area contributed by atoms with Crippen LogP contribution in [0.4, 0.5) is 0 Å². The topological polar surface area (TPSA) is 70.0 Å². The molecule has 2 amide bonds. The van der Waals surface area contributed by atoms with E-state index in [0.29, 0.717) is 16.1 Å². The smallest absolute Gasteiger partial charge is 0.257 e. The molecule has 0 saturated heterocycles. The van der Waals surface area contributed by atoms with Gasteiger partial charge in [-0.25, -0.2) is 0 Å². The van der Waals surface area contributed by atoms with E-state index in [4.69, 9.17) is 11.6 Å². The van der Waals surface area contributed by atoms with Crippen molar-refractivity contribution in [3.05, 3.63) is 70.7 Å². The van der Waals surface area contributed by atoms with Gasteiger partial charge in [-0.2, -0.15) is 5.26 Å². The van der Waals surface area contributed by atoms with E-state index in [2.05, 4.69) is 11.4 Å². The summed E-state index contributed by atoms with van der Waals surface area (Å²) >= 11 is 5.88. The van der Waals surface area contributed by atoms with E-state index in [0.717, 1.165) is 0 Å². The van der Waals surface area contributed by atoms with E-state index >= 15 is 0 Å². The van der Waals surface area contributed by atoms with E-state index in [1.54, 1.807) is 54.6 Å². The van der Waals surface area contributed by atoms with Crippen LogP contribution in [0.1, 0.15) is 28.3 Å². The number of nitriles is 1. The van der Waals surface area contributed by atoms with Gasteiger partial charge in [0.2, 0.25) is 5.91 Å². The van der Waals surface area contributed by atoms with Gasteiger partial charge in [0.25, 0.3) is 5.91 Å². The van der Waals surface area contributed by atoms with Crippen LogP contribution in [0, 0.1) is 11.3 Å². The highest BCUT2D eigenvalue weighted by Crippen LogP contribution is 2.22. The number of hydrogen-bond donors (Lipinski definition) is 1. The first-order chi connectivity index (χ1) is 10.6. The number of amides is 2. The molecular formula is C17H13ClN2O2. The standard InChI is InChI=1S/C17H13ClN2O2/c18-15-8-4-7-13(9-15)14(11-19)10-16(21)20-17(22)12-5-2-1-3-6-12/h1-9,14H,10H2,(H,20,21,22). The highest BCUT2D eigenvalue weighted by atomic mass is 35.5. The molecule has 4 nitrogen and oxygen atoms in total. The first-order valence-corrected chi connectivity index (χ1v) is 7.02. The Kier molecular flexibility index (Phi) is 5.29. The lowest BCUT2D eigenvalue weighted by Crippen LogP contribution is -2.31. The number of hydrogen-bond acceptors (Lipinski definition) is 3. The van der Waals surface area contributed by atoms with Crippen molar-refractivity contribution < 1.29 is 9.59 Å². The van der Waals surface area contributed by atoms with Crippen molar-refractivity contribution in [1.29, 1.82) is 5.26 Å². The molecule has 0 fully saturated rings. The summed E-state index contributed by atoms with van der Waals surface area (Å²) in [5, 5.41) is 12.0. The average molecular weight is 313 g/mol. The molecule has 1 atom stereocenters. The minimum atomic E-state index is -0.651. The van der Waals surface area contributed by atoms with Crippen LogP contribution in [-0.2, 0) is 4.79 Å². The SMILES string of the molecule is N#CC(CC(=O)NC(=O)c1ccccc1)c1cccc(Cl)c1. The van der Waals surface area contributed by atoms with Crippen LogP contribution in [0.15, 0.2) is 54.6 Å². The van der Waals surface area contributed by atoms with E-state index in [1.165, 1.54) is 0 Å². The third-order valence-corrected chi connectivity index (χ3v) is 3.32. The Balaban J connectivity index is 2.01. The molecule has 0 bridgehead atoms. The molecule has 1 unspecified atom stereocenters. The minimum Gasteiger partial charge on any atom is -0.292 e. The number of nitrogens with zero attached hydrogens (tertiary/aromatic N) is 1. The van der Waals surface area contributed by atoms with Crippen LogP contribution in [0.25, 0.3) is 0 Å². The molecule has 0 aliphatic carbocycles. The normalized spacial score (nSPS) is 11.3. The van der Waals surface area contributed by atoms with E-state index in [9.17, 15) is 14.9 Å². The zero-order chi connectivity index (χ0) is 15.9. The van der Waals surface area contributed by atoms with Crippen molar-refractivity contribution in [3.8, 4) is 6.07 Å². The molecule has 0 saturated carbocycles. The largest absolute Gasteiger partial charge is 0.292 e. The summed E-state index contributed by atoms with van der Waals surface area (Å²) < 4.78 is 0. The highest BCUT2D eigenvalue weighted by Gasteiger charge is 2.18. The van der Waals surface area contributed by atoms with E-state index in [-0.39, 0.29) is 6.42 Å². The summed E-state index contributed by atoms with van der Waals surface area (Å²) in [6, 6.07) is 17.3. The third-order valence-electron chi connectivity index (χ3n) is 3.09. The fraction of sp³-hybridized carbons (Fsp3) is 0.118. The molecule has 2 aromatic carbocycles. The molecule has 2 rings (SSSR count). The Hall–Kier alpha value is -2.64. The summed E-state index contributed by atoms with van der Waals surface area (Å²) in [5.74, 6) is -1.63. The van der Waals surface area contributed by atoms with Crippen LogP contribution in [-0.4, -0.2) is 11.8 Å². The van der Waals surface area contributed by atoms with Crippen molar-refractivity contribution in [1.82, 2.24) is 5.32 Å². The van der Waals surface area contributed by atoms with E-state index in [1.807, 2.05) is 0 Å². The summed E-state index contributed by atoms with van der Waals surface area (Å²) in [7, 11) is 0. The van der Waals surface area contributed by atoms with Crippen LogP contribution >= 0.6 is 11.6 Å². The van der Waals surface area contributed by atoms with Gasteiger partial charge in [0.1, 0.15) is 0 Å². The van der Waals surface area contributed by atoms with Gasteiger partial charge in [-0.1, -0.05) is 41.9 Å². The maximum Gasteiger partial charge on any atom is 0.257 e. The Bertz CT molecular complexity index is 723. The molecule has 0 radical (unpaired) electrons. The van der Waals surface area contributed by atoms with Crippen molar-refractivity contribution in [2.75, 3.05) is 0 Å². The van der Waals surface area contributed by atoms with Crippen molar-refractivity contribution in [3.63, 3.8) is 0 Å². The second kappa shape index (κ2) is 7.39. The van der Waals surface area contributed by atoms with Gasteiger partial charge in [0.15, 0.2) is 0 Å². The molecule has 0 aromatic heterocycles. The molecule has 0 aliphatic heterocycles.